The van der Waals surface area contributed by atoms with E-state index in [1.54, 1.807) is 37.3 Å². The molecule has 0 bridgehead atoms. The molecule has 0 saturated heterocycles. The van der Waals surface area contributed by atoms with Crippen molar-refractivity contribution in [2.75, 3.05) is 0 Å². The first-order chi connectivity index (χ1) is 14.5. The normalized spacial score (nSPS) is 19.5. The largest absolute Gasteiger partial charge is 0.203 e. The van der Waals surface area contributed by atoms with Gasteiger partial charge in [-0.1, -0.05) is 56.7 Å². The molecule has 2 aromatic carbocycles. The summed E-state index contributed by atoms with van der Waals surface area (Å²) in [6, 6.07) is 6.71. The minimum Gasteiger partial charge on any atom is -0.203 e. The molecule has 0 N–H and O–H groups in total. The van der Waals surface area contributed by atoms with Gasteiger partial charge in [0, 0.05) is 5.56 Å². The molecular formula is C26H30F4. The van der Waals surface area contributed by atoms with Crippen LogP contribution in [0.1, 0.15) is 80.5 Å². The van der Waals surface area contributed by atoms with Crippen molar-refractivity contribution in [3.8, 4) is 0 Å². The molecule has 0 atom stereocenters. The molecule has 0 nitrogen and oxygen atoms in total. The van der Waals surface area contributed by atoms with E-state index in [9.17, 15) is 17.6 Å². The summed E-state index contributed by atoms with van der Waals surface area (Å²) in [6.45, 7) is 3.82. The van der Waals surface area contributed by atoms with E-state index in [4.69, 9.17) is 0 Å². The van der Waals surface area contributed by atoms with Crippen LogP contribution in [-0.4, -0.2) is 0 Å². The topological polar surface area (TPSA) is 0 Å². The summed E-state index contributed by atoms with van der Waals surface area (Å²) in [6.07, 6.45) is 9.51. The van der Waals surface area contributed by atoms with Crippen LogP contribution in [-0.2, 0) is 12.8 Å². The maximum atomic E-state index is 14.6. The van der Waals surface area contributed by atoms with Crippen LogP contribution in [0.4, 0.5) is 17.6 Å². The number of halogens is 4. The molecule has 1 fully saturated rings. The van der Waals surface area contributed by atoms with Gasteiger partial charge in [0.2, 0.25) is 0 Å². The highest BCUT2D eigenvalue weighted by atomic mass is 19.2. The fourth-order valence-corrected chi connectivity index (χ4v) is 4.35. The molecule has 1 aliphatic rings. The van der Waals surface area contributed by atoms with Crippen LogP contribution in [0.25, 0.3) is 6.08 Å². The Hall–Kier alpha value is -2.10. The van der Waals surface area contributed by atoms with E-state index in [1.165, 1.54) is 0 Å². The second kappa shape index (κ2) is 10.3. The van der Waals surface area contributed by atoms with E-state index in [1.807, 2.05) is 13.0 Å². The fourth-order valence-electron chi connectivity index (χ4n) is 4.35. The smallest absolute Gasteiger partial charge is 0.166 e. The summed E-state index contributed by atoms with van der Waals surface area (Å²) >= 11 is 0. The maximum Gasteiger partial charge on any atom is 0.166 e. The first kappa shape index (κ1) is 22.6. The Morgan fingerprint density at radius 3 is 2.13 bits per heavy atom. The van der Waals surface area contributed by atoms with Crippen LogP contribution in [0.5, 0.6) is 0 Å². The van der Waals surface area contributed by atoms with E-state index in [2.05, 4.69) is 0 Å². The van der Waals surface area contributed by atoms with Crippen LogP contribution in [0, 0.1) is 29.2 Å². The molecule has 1 saturated carbocycles. The SMILES string of the molecule is CCCCc1ccc(C2CCC(C=Cc3ccc(CC)c(F)c3F)CC2)c(F)c1F. The molecule has 0 amide bonds. The van der Waals surface area contributed by atoms with Crippen molar-refractivity contribution in [2.45, 2.75) is 71.1 Å². The van der Waals surface area contributed by atoms with Crippen LogP contribution < -0.4 is 0 Å². The van der Waals surface area contributed by atoms with Gasteiger partial charge < -0.3 is 0 Å². The third-order valence-electron chi connectivity index (χ3n) is 6.32. The van der Waals surface area contributed by atoms with Gasteiger partial charge in [-0.05, 0) is 73.5 Å². The molecule has 0 aromatic heterocycles. The summed E-state index contributed by atoms with van der Waals surface area (Å²) in [5.41, 5.74) is 1.55. The predicted octanol–water partition coefficient (Wildman–Crippen LogP) is 8.14. The fraction of sp³-hybridized carbons (Fsp3) is 0.462. The zero-order chi connectivity index (χ0) is 21.7. The van der Waals surface area contributed by atoms with E-state index in [0.29, 0.717) is 29.5 Å². The van der Waals surface area contributed by atoms with Crippen LogP contribution in [0.3, 0.4) is 0 Å². The molecule has 0 aliphatic heterocycles. The van der Waals surface area contributed by atoms with Crippen LogP contribution in [0.2, 0.25) is 0 Å². The first-order valence-corrected chi connectivity index (χ1v) is 11.1. The Morgan fingerprint density at radius 1 is 0.800 bits per heavy atom. The number of hydrogen-bond donors (Lipinski definition) is 0. The lowest BCUT2D eigenvalue weighted by atomic mass is 9.78. The average Bonchev–Trinajstić information content (AvgIpc) is 2.76. The van der Waals surface area contributed by atoms with Crippen LogP contribution in [0.15, 0.2) is 30.3 Å². The minimum absolute atomic E-state index is 0.00222. The number of aryl methyl sites for hydroxylation is 2. The molecule has 0 unspecified atom stereocenters. The van der Waals surface area contributed by atoms with Gasteiger partial charge in [-0.15, -0.1) is 0 Å². The van der Waals surface area contributed by atoms with Gasteiger partial charge in [0.1, 0.15) is 0 Å². The van der Waals surface area contributed by atoms with Gasteiger partial charge in [-0.3, -0.25) is 0 Å². The van der Waals surface area contributed by atoms with Crippen LogP contribution >= 0.6 is 0 Å². The Bertz CT molecular complexity index is 892. The summed E-state index contributed by atoms with van der Waals surface area (Å²) < 4.78 is 57.2. The number of hydrogen-bond acceptors (Lipinski definition) is 0. The zero-order valence-corrected chi connectivity index (χ0v) is 17.8. The molecular weight excluding hydrogens is 388 g/mol. The number of allylic oxidation sites excluding steroid dienone is 1. The summed E-state index contributed by atoms with van der Waals surface area (Å²) in [5, 5.41) is 0. The molecule has 30 heavy (non-hydrogen) atoms. The minimum atomic E-state index is -0.806. The van der Waals surface area contributed by atoms with Crippen molar-refractivity contribution in [3.63, 3.8) is 0 Å². The Morgan fingerprint density at radius 2 is 1.47 bits per heavy atom. The lowest BCUT2D eigenvalue weighted by Gasteiger charge is -2.27. The Balaban J connectivity index is 1.63. The van der Waals surface area contributed by atoms with Crippen molar-refractivity contribution < 1.29 is 17.6 Å². The van der Waals surface area contributed by atoms with Gasteiger partial charge >= 0.3 is 0 Å². The lowest BCUT2D eigenvalue weighted by Crippen LogP contribution is -2.14. The van der Waals surface area contributed by atoms with E-state index in [0.717, 1.165) is 38.5 Å². The van der Waals surface area contributed by atoms with Crippen molar-refractivity contribution in [2.24, 2.45) is 5.92 Å². The van der Waals surface area contributed by atoms with E-state index >= 15 is 0 Å². The molecule has 4 heteroatoms. The highest BCUT2D eigenvalue weighted by Gasteiger charge is 2.25. The summed E-state index contributed by atoms with van der Waals surface area (Å²) in [4.78, 5) is 0. The standard InChI is InChI=1S/C26H30F4/c1-3-5-6-20-15-16-22(26(30)25(20)29)19-10-7-17(8-11-19)9-12-21-14-13-18(4-2)23(27)24(21)28/h9,12-17,19H,3-8,10-11H2,1-2H3. The third kappa shape index (κ3) is 4.96. The molecule has 2 aromatic rings. The molecule has 0 spiro atoms. The van der Waals surface area contributed by atoms with Crippen molar-refractivity contribution in [3.05, 3.63) is 75.9 Å². The molecule has 162 valence electrons. The highest BCUT2D eigenvalue weighted by molar-refractivity contribution is 5.51. The molecule has 0 radical (unpaired) electrons. The summed E-state index contributed by atoms with van der Waals surface area (Å²) in [5.74, 6) is -2.75. The Labute approximate surface area is 177 Å². The lowest BCUT2D eigenvalue weighted by molar-refractivity contribution is 0.364. The first-order valence-electron chi connectivity index (χ1n) is 11.1. The van der Waals surface area contributed by atoms with Gasteiger partial charge in [-0.2, -0.15) is 0 Å². The zero-order valence-electron chi connectivity index (χ0n) is 17.8. The van der Waals surface area contributed by atoms with Gasteiger partial charge in [0.25, 0.3) is 0 Å². The maximum absolute atomic E-state index is 14.6. The van der Waals surface area contributed by atoms with Crippen molar-refractivity contribution in [1.82, 2.24) is 0 Å². The number of rotatable bonds is 7. The molecule has 1 aliphatic carbocycles. The quantitative estimate of drug-likeness (QED) is 0.398. The summed E-state index contributed by atoms with van der Waals surface area (Å²) in [7, 11) is 0. The average molecular weight is 419 g/mol. The van der Waals surface area contributed by atoms with E-state index in [-0.39, 0.29) is 17.4 Å². The molecule has 3 rings (SSSR count). The Kier molecular flexibility index (Phi) is 7.74. The van der Waals surface area contributed by atoms with Crippen molar-refractivity contribution >= 4 is 6.08 Å². The van der Waals surface area contributed by atoms with Gasteiger partial charge in [0.15, 0.2) is 23.3 Å². The second-order valence-electron chi connectivity index (χ2n) is 8.31. The number of benzene rings is 2. The monoisotopic (exact) mass is 418 g/mol. The number of unbranched alkanes of at least 4 members (excludes halogenated alkanes) is 1. The van der Waals surface area contributed by atoms with Crippen molar-refractivity contribution in [1.29, 1.82) is 0 Å². The van der Waals surface area contributed by atoms with E-state index < -0.39 is 23.3 Å². The molecule has 0 heterocycles. The highest BCUT2D eigenvalue weighted by Crippen LogP contribution is 2.38. The van der Waals surface area contributed by atoms with Gasteiger partial charge in [-0.25, -0.2) is 17.6 Å². The van der Waals surface area contributed by atoms with Gasteiger partial charge in [0.05, 0.1) is 0 Å². The predicted molar refractivity (Wildman–Crippen MR) is 114 cm³/mol. The third-order valence-corrected chi connectivity index (χ3v) is 6.32. The second-order valence-corrected chi connectivity index (χ2v) is 8.31.